The van der Waals surface area contributed by atoms with Gasteiger partial charge in [0.25, 0.3) is 5.91 Å². The molecule has 0 spiro atoms. The number of hydrogen-bond acceptors (Lipinski definition) is 3. The minimum absolute atomic E-state index is 0.186. The third-order valence-electron chi connectivity index (χ3n) is 3.64. The van der Waals surface area contributed by atoms with Crippen molar-refractivity contribution in [2.45, 2.75) is 13.8 Å². The minimum Gasteiger partial charge on any atom is -0.483 e. The van der Waals surface area contributed by atoms with E-state index in [4.69, 9.17) is 4.74 Å². The maximum Gasteiger partial charge on any atom is 0.262 e. The van der Waals surface area contributed by atoms with Gasteiger partial charge >= 0.3 is 0 Å². The lowest BCUT2D eigenvalue weighted by Crippen LogP contribution is -2.20. The van der Waals surface area contributed by atoms with E-state index >= 15 is 0 Å². The van der Waals surface area contributed by atoms with E-state index in [1.807, 2.05) is 42.8 Å². The number of aromatic nitrogens is 2. The first-order valence-corrected chi connectivity index (χ1v) is 8.73. The van der Waals surface area contributed by atoms with Crippen LogP contribution in [0.1, 0.15) is 11.4 Å². The molecular weight excluding hydrogens is 401 g/mol. The van der Waals surface area contributed by atoms with Gasteiger partial charge in [-0.3, -0.25) is 4.79 Å². The highest BCUT2D eigenvalue weighted by Crippen LogP contribution is 2.25. The second-order valence-corrected chi connectivity index (χ2v) is 6.66. The normalized spacial score (nSPS) is 10.6. The zero-order valence-corrected chi connectivity index (χ0v) is 15.9. The number of aryl methyl sites for hydroxylation is 2. The molecule has 2 aromatic carbocycles. The van der Waals surface area contributed by atoms with Crippen LogP contribution in [-0.4, -0.2) is 22.3 Å². The van der Waals surface area contributed by atoms with Crippen LogP contribution in [-0.2, 0) is 4.79 Å². The van der Waals surface area contributed by atoms with Gasteiger partial charge in [0.1, 0.15) is 11.6 Å². The standard InChI is InChI=1S/C19H17BrFN3O2/c1-12-8-13(2)24(23-12)16-5-3-4-15(10-16)22-19(25)11-26-18-7-6-14(21)9-17(18)20/h3-10H,11H2,1-2H3,(H,22,25). The molecule has 3 aromatic rings. The van der Waals surface area contributed by atoms with Gasteiger partial charge in [-0.1, -0.05) is 6.07 Å². The number of nitrogens with one attached hydrogen (secondary N) is 1. The SMILES string of the molecule is Cc1cc(C)n(-c2cccc(NC(=O)COc3ccc(F)cc3Br)c2)n1. The number of hydrogen-bond donors (Lipinski definition) is 1. The number of carbonyl (C=O) groups excluding carboxylic acids is 1. The summed E-state index contributed by atoms with van der Waals surface area (Å²) in [6.45, 7) is 3.72. The fourth-order valence-electron chi connectivity index (χ4n) is 2.54. The molecule has 1 aromatic heterocycles. The quantitative estimate of drug-likeness (QED) is 0.668. The van der Waals surface area contributed by atoms with Gasteiger partial charge in [0, 0.05) is 11.4 Å². The zero-order chi connectivity index (χ0) is 18.7. The van der Waals surface area contributed by atoms with Crippen LogP contribution in [0.2, 0.25) is 0 Å². The Bertz CT molecular complexity index is 956. The van der Waals surface area contributed by atoms with Crippen LogP contribution >= 0.6 is 15.9 Å². The first-order chi connectivity index (χ1) is 12.4. The van der Waals surface area contributed by atoms with Crippen molar-refractivity contribution in [3.05, 3.63) is 70.2 Å². The molecule has 1 N–H and O–H groups in total. The number of benzene rings is 2. The van der Waals surface area contributed by atoms with Crippen LogP contribution in [0.15, 0.2) is 53.0 Å². The molecular formula is C19H17BrFN3O2. The molecule has 0 aliphatic carbocycles. The molecule has 5 nitrogen and oxygen atoms in total. The maximum absolute atomic E-state index is 13.1. The van der Waals surface area contributed by atoms with E-state index in [1.165, 1.54) is 18.2 Å². The number of nitrogens with zero attached hydrogens (tertiary/aromatic N) is 2. The third kappa shape index (κ3) is 4.29. The van der Waals surface area contributed by atoms with Crippen LogP contribution in [0.4, 0.5) is 10.1 Å². The van der Waals surface area contributed by atoms with Gasteiger partial charge in [0.05, 0.1) is 15.9 Å². The molecule has 0 fully saturated rings. The molecule has 0 bridgehead atoms. The first-order valence-electron chi connectivity index (χ1n) is 7.94. The Labute approximate surface area is 158 Å². The molecule has 3 rings (SSSR count). The van der Waals surface area contributed by atoms with E-state index in [-0.39, 0.29) is 18.3 Å². The van der Waals surface area contributed by atoms with Crippen molar-refractivity contribution in [2.75, 3.05) is 11.9 Å². The topological polar surface area (TPSA) is 56.2 Å². The van der Waals surface area contributed by atoms with Crippen LogP contribution in [0.3, 0.4) is 0 Å². The number of anilines is 1. The largest absolute Gasteiger partial charge is 0.483 e. The Kier molecular flexibility index (Phi) is 5.37. The molecule has 1 heterocycles. The number of halogens is 2. The highest BCUT2D eigenvalue weighted by atomic mass is 79.9. The number of amides is 1. The van der Waals surface area contributed by atoms with Gasteiger partial charge in [-0.15, -0.1) is 0 Å². The van der Waals surface area contributed by atoms with E-state index in [2.05, 4.69) is 26.3 Å². The number of carbonyl (C=O) groups is 1. The molecule has 0 saturated carbocycles. The maximum atomic E-state index is 13.1. The summed E-state index contributed by atoms with van der Waals surface area (Å²) in [6, 6.07) is 13.4. The van der Waals surface area contributed by atoms with Gasteiger partial charge in [-0.05, 0) is 72.2 Å². The molecule has 0 atom stereocenters. The van der Waals surface area contributed by atoms with Crippen molar-refractivity contribution in [2.24, 2.45) is 0 Å². The molecule has 0 aliphatic rings. The van der Waals surface area contributed by atoms with E-state index in [0.29, 0.717) is 15.9 Å². The summed E-state index contributed by atoms with van der Waals surface area (Å²) in [4.78, 5) is 12.1. The predicted molar refractivity (Wildman–Crippen MR) is 101 cm³/mol. The summed E-state index contributed by atoms with van der Waals surface area (Å²) in [5.74, 6) is -0.292. The smallest absolute Gasteiger partial charge is 0.262 e. The van der Waals surface area contributed by atoms with Crippen molar-refractivity contribution >= 4 is 27.5 Å². The van der Waals surface area contributed by atoms with Crippen molar-refractivity contribution in [1.82, 2.24) is 9.78 Å². The van der Waals surface area contributed by atoms with Crippen molar-refractivity contribution in [3.63, 3.8) is 0 Å². The molecule has 1 amide bonds. The Morgan fingerprint density at radius 3 is 2.73 bits per heavy atom. The second-order valence-electron chi connectivity index (χ2n) is 5.80. The van der Waals surface area contributed by atoms with E-state index in [9.17, 15) is 9.18 Å². The average molecular weight is 418 g/mol. The van der Waals surface area contributed by atoms with E-state index < -0.39 is 0 Å². The molecule has 7 heteroatoms. The van der Waals surface area contributed by atoms with Crippen LogP contribution in [0.25, 0.3) is 5.69 Å². The van der Waals surface area contributed by atoms with Gasteiger partial charge < -0.3 is 10.1 Å². The second kappa shape index (κ2) is 7.70. The fourth-order valence-corrected chi connectivity index (χ4v) is 3.00. The lowest BCUT2D eigenvalue weighted by Gasteiger charge is -2.10. The molecule has 134 valence electrons. The van der Waals surface area contributed by atoms with Crippen LogP contribution < -0.4 is 10.1 Å². The van der Waals surface area contributed by atoms with E-state index in [1.54, 1.807) is 6.07 Å². The van der Waals surface area contributed by atoms with Crippen molar-refractivity contribution in [3.8, 4) is 11.4 Å². The lowest BCUT2D eigenvalue weighted by molar-refractivity contribution is -0.118. The molecule has 0 aliphatic heterocycles. The van der Waals surface area contributed by atoms with Crippen molar-refractivity contribution < 1.29 is 13.9 Å². The first kappa shape index (κ1) is 18.1. The Hall–Kier alpha value is -2.67. The Balaban J connectivity index is 1.66. The van der Waals surface area contributed by atoms with Crippen molar-refractivity contribution in [1.29, 1.82) is 0 Å². The molecule has 0 radical (unpaired) electrons. The van der Waals surface area contributed by atoms with Crippen LogP contribution in [0, 0.1) is 19.7 Å². The predicted octanol–water partition coefficient (Wildman–Crippen LogP) is 4.41. The third-order valence-corrected chi connectivity index (χ3v) is 4.26. The Morgan fingerprint density at radius 2 is 2.04 bits per heavy atom. The van der Waals surface area contributed by atoms with Gasteiger partial charge in [-0.2, -0.15) is 5.10 Å². The summed E-state index contributed by atoms with van der Waals surface area (Å²) in [7, 11) is 0. The summed E-state index contributed by atoms with van der Waals surface area (Å²) in [5.41, 5.74) is 3.43. The van der Waals surface area contributed by atoms with E-state index in [0.717, 1.165) is 17.1 Å². The van der Waals surface area contributed by atoms with Gasteiger partial charge in [0.2, 0.25) is 0 Å². The Morgan fingerprint density at radius 1 is 1.23 bits per heavy atom. The van der Waals surface area contributed by atoms with Gasteiger partial charge in [-0.25, -0.2) is 9.07 Å². The lowest BCUT2D eigenvalue weighted by atomic mass is 10.2. The highest BCUT2D eigenvalue weighted by molar-refractivity contribution is 9.10. The number of ether oxygens (including phenoxy) is 1. The molecule has 0 unspecified atom stereocenters. The highest BCUT2D eigenvalue weighted by Gasteiger charge is 2.09. The minimum atomic E-state index is -0.380. The summed E-state index contributed by atoms with van der Waals surface area (Å²) >= 11 is 3.20. The summed E-state index contributed by atoms with van der Waals surface area (Å²) in [6.07, 6.45) is 0. The molecule has 26 heavy (non-hydrogen) atoms. The number of rotatable bonds is 5. The summed E-state index contributed by atoms with van der Waals surface area (Å²) < 4.78 is 20.8. The zero-order valence-electron chi connectivity index (χ0n) is 14.3. The fraction of sp³-hybridized carbons (Fsp3) is 0.158. The summed E-state index contributed by atoms with van der Waals surface area (Å²) in [5, 5.41) is 7.22. The monoisotopic (exact) mass is 417 g/mol. The average Bonchev–Trinajstić information content (AvgIpc) is 2.93. The van der Waals surface area contributed by atoms with Gasteiger partial charge in [0.15, 0.2) is 6.61 Å². The van der Waals surface area contributed by atoms with Crippen LogP contribution in [0.5, 0.6) is 5.75 Å². The molecule has 0 saturated heterocycles.